The lowest BCUT2D eigenvalue weighted by molar-refractivity contribution is 0.501. The zero-order valence-corrected chi connectivity index (χ0v) is 18.8. The van der Waals surface area contributed by atoms with Crippen molar-refractivity contribution < 1.29 is 13.2 Å². The van der Waals surface area contributed by atoms with Crippen LogP contribution < -0.4 is 0 Å². The van der Waals surface area contributed by atoms with Crippen molar-refractivity contribution in [1.82, 2.24) is 0 Å². The van der Waals surface area contributed by atoms with Crippen molar-refractivity contribution >= 4 is 11.6 Å². The SMILES string of the molecule is CCCCCc1ccc(C2=Cc3cc(F)c(-c4ccc(CC)c(F)c4F)cc3CC2)cc1. The quantitative estimate of drug-likeness (QED) is 0.327. The van der Waals surface area contributed by atoms with Crippen LogP contribution in [0.4, 0.5) is 13.2 Å². The van der Waals surface area contributed by atoms with E-state index in [1.165, 1.54) is 48.6 Å². The molecule has 0 saturated carbocycles. The van der Waals surface area contributed by atoms with Gasteiger partial charge < -0.3 is 0 Å². The summed E-state index contributed by atoms with van der Waals surface area (Å²) in [5.74, 6) is -2.40. The van der Waals surface area contributed by atoms with Gasteiger partial charge >= 0.3 is 0 Å². The molecule has 0 amide bonds. The summed E-state index contributed by atoms with van der Waals surface area (Å²) >= 11 is 0. The van der Waals surface area contributed by atoms with E-state index in [1.807, 2.05) is 6.08 Å². The zero-order chi connectivity index (χ0) is 22.7. The highest BCUT2D eigenvalue weighted by atomic mass is 19.2. The van der Waals surface area contributed by atoms with Crippen LogP contribution in [0.3, 0.4) is 0 Å². The molecule has 0 fully saturated rings. The van der Waals surface area contributed by atoms with Crippen molar-refractivity contribution in [3.63, 3.8) is 0 Å². The molecule has 166 valence electrons. The van der Waals surface area contributed by atoms with Gasteiger partial charge in [-0.2, -0.15) is 0 Å². The molecular formula is C29H29F3. The predicted octanol–water partition coefficient (Wildman–Crippen LogP) is 8.55. The highest BCUT2D eigenvalue weighted by Gasteiger charge is 2.20. The van der Waals surface area contributed by atoms with E-state index in [9.17, 15) is 13.2 Å². The smallest absolute Gasteiger partial charge is 0.167 e. The van der Waals surface area contributed by atoms with E-state index in [0.29, 0.717) is 12.0 Å². The average molecular weight is 435 g/mol. The minimum atomic E-state index is -0.978. The van der Waals surface area contributed by atoms with Crippen LogP contribution in [0.25, 0.3) is 22.8 Å². The Hall–Kier alpha value is -2.81. The van der Waals surface area contributed by atoms with Gasteiger partial charge in [-0.25, -0.2) is 13.2 Å². The standard InChI is InChI=1S/C29H29F3/c1-3-5-6-7-19-8-10-21(11-9-19)22-12-13-23-17-26(27(30)18-24(23)16-22)25-15-14-20(4-2)28(31)29(25)32/h8-11,14-18H,3-7,12-13H2,1-2H3. The summed E-state index contributed by atoms with van der Waals surface area (Å²) in [6.45, 7) is 3.97. The van der Waals surface area contributed by atoms with E-state index >= 15 is 0 Å². The topological polar surface area (TPSA) is 0 Å². The van der Waals surface area contributed by atoms with Crippen LogP contribution in [-0.2, 0) is 19.3 Å². The Morgan fingerprint density at radius 1 is 0.781 bits per heavy atom. The van der Waals surface area contributed by atoms with Crippen molar-refractivity contribution in [3.8, 4) is 11.1 Å². The molecule has 0 heterocycles. The van der Waals surface area contributed by atoms with Gasteiger partial charge in [0.05, 0.1) is 0 Å². The van der Waals surface area contributed by atoms with Crippen LogP contribution >= 0.6 is 0 Å². The summed E-state index contributed by atoms with van der Waals surface area (Å²) in [4.78, 5) is 0. The molecule has 4 rings (SSSR count). The van der Waals surface area contributed by atoms with E-state index in [-0.39, 0.29) is 11.1 Å². The fraction of sp³-hybridized carbons (Fsp3) is 0.310. The van der Waals surface area contributed by atoms with Crippen molar-refractivity contribution in [2.24, 2.45) is 0 Å². The van der Waals surface area contributed by atoms with Crippen molar-refractivity contribution in [3.05, 3.63) is 93.8 Å². The average Bonchev–Trinajstić information content (AvgIpc) is 2.81. The third-order valence-electron chi connectivity index (χ3n) is 6.45. The third-order valence-corrected chi connectivity index (χ3v) is 6.45. The third kappa shape index (κ3) is 4.53. The summed E-state index contributed by atoms with van der Waals surface area (Å²) in [6, 6.07) is 14.8. The van der Waals surface area contributed by atoms with Gasteiger partial charge in [-0.15, -0.1) is 0 Å². The van der Waals surface area contributed by atoms with Gasteiger partial charge in [-0.3, -0.25) is 0 Å². The lowest BCUT2D eigenvalue weighted by Gasteiger charge is -2.19. The summed E-state index contributed by atoms with van der Waals surface area (Å²) in [5, 5.41) is 0. The van der Waals surface area contributed by atoms with Crippen LogP contribution in [0.2, 0.25) is 0 Å². The molecule has 0 aromatic heterocycles. The molecule has 0 N–H and O–H groups in total. The van der Waals surface area contributed by atoms with Crippen molar-refractivity contribution in [2.75, 3.05) is 0 Å². The zero-order valence-electron chi connectivity index (χ0n) is 18.8. The lowest BCUT2D eigenvalue weighted by atomic mass is 9.86. The number of rotatable bonds is 7. The Balaban J connectivity index is 1.61. The maximum Gasteiger partial charge on any atom is 0.167 e. The molecule has 0 aliphatic heterocycles. The molecule has 3 aromatic carbocycles. The fourth-order valence-corrected chi connectivity index (χ4v) is 4.48. The molecule has 3 heteroatoms. The van der Waals surface area contributed by atoms with E-state index in [0.717, 1.165) is 36.0 Å². The van der Waals surface area contributed by atoms with E-state index in [1.54, 1.807) is 13.0 Å². The monoisotopic (exact) mass is 434 g/mol. The summed E-state index contributed by atoms with van der Waals surface area (Å²) in [5.41, 5.74) is 5.85. The van der Waals surface area contributed by atoms with Crippen LogP contribution in [0.5, 0.6) is 0 Å². The second-order valence-corrected chi connectivity index (χ2v) is 8.61. The lowest BCUT2D eigenvalue weighted by Crippen LogP contribution is -2.03. The molecule has 0 radical (unpaired) electrons. The van der Waals surface area contributed by atoms with Gasteiger partial charge in [0.1, 0.15) is 5.82 Å². The molecule has 1 aliphatic rings. The molecule has 32 heavy (non-hydrogen) atoms. The molecule has 0 bridgehead atoms. The molecule has 0 atom stereocenters. The molecular weight excluding hydrogens is 405 g/mol. The first-order valence-corrected chi connectivity index (χ1v) is 11.6. The van der Waals surface area contributed by atoms with Crippen molar-refractivity contribution in [1.29, 1.82) is 0 Å². The number of aryl methyl sites for hydroxylation is 3. The second-order valence-electron chi connectivity index (χ2n) is 8.61. The molecule has 3 aromatic rings. The number of benzene rings is 3. The van der Waals surface area contributed by atoms with E-state index in [2.05, 4.69) is 31.2 Å². The number of fused-ring (bicyclic) bond motifs is 1. The highest BCUT2D eigenvalue weighted by molar-refractivity contribution is 5.85. The minimum absolute atomic E-state index is 0.0200. The highest BCUT2D eigenvalue weighted by Crippen LogP contribution is 2.36. The normalized spacial score (nSPS) is 13.1. The Morgan fingerprint density at radius 2 is 1.56 bits per heavy atom. The molecule has 0 unspecified atom stereocenters. The predicted molar refractivity (Wildman–Crippen MR) is 127 cm³/mol. The fourth-order valence-electron chi connectivity index (χ4n) is 4.48. The van der Waals surface area contributed by atoms with E-state index in [4.69, 9.17) is 0 Å². The molecule has 0 spiro atoms. The maximum atomic E-state index is 15.0. The van der Waals surface area contributed by atoms with Crippen LogP contribution in [0.1, 0.15) is 67.3 Å². The molecule has 0 nitrogen and oxygen atoms in total. The van der Waals surface area contributed by atoms with Gasteiger partial charge in [0.25, 0.3) is 0 Å². The number of allylic oxidation sites excluding steroid dienone is 1. The Bertz CT molecular complexity index is 1140. The number of hydrogen-bond acceptors (Lipinski definition) is 0. The van der Waals surface area contributed by atoms with Gasteiger partial charge in [0.2, 0.25) is 0 Å². The van der Waals surface area contributed by atoms with Crippen LogP contribution in [0, 0.1) is 17.5 Å². The Morgan fingerprint density at radius 3 is 2.28 bits per heavy atom. The van der Waals surface area contributed by atoms with Crippen LogP contribution in [-0.4, -0.2) is 0 Å². The van der Waals surface area contributed by atoms with Crippen molar-refractivity contribution in [2.45, 2.75) is 58.8 Å². The largest absolute Gasteiger partial charge is 0.206 e. The summed E-state index contributed by atoms with van der Waals surface area (Å²) < 4.78 is 43.8. The van der Waals surface area contributed by atoms with Gasteiger partial charge in [-0.05, 0) is 77.6 Å². The first kappa shape index (κ1) is 22.4. The number of halogens is 3. The Labute approximate surface area is 188 Å². The Kier molecular flexibility index (Phi) is 6.83. The number of unbranched alkanes of at least 4 members (excludes halogenated alkanes) is 2. The maximum absolute atomic E-state index is 15.0. The minimum Gasteiger partial charge on any atom is -0.206 e. The number of hydrogen-bond donors (Lipinski definition) is 0. The first-order valence-electron chi connectivity index (χ1n) is 11.6. The van der Waals surface area contributed by atoms with E-state index < -0.39 is 17.5 Å². The van der Waals surface area contributed by atoms with Gasteiger partial charge in [0, 0.05) is 11.1 Å². The second kappa shape index (κ2) is 9.77. The molecule has 1 aliphatic carbocycles. The summed E-state index contributed by atoms with van der Waals surface area (Å²) in [7, 11) is 0. The van der Waals surface area contributed by atoms with Gasteiger partial charge in [-0.1, -0.05) is 69.2 Å². The van der Waals surface area contributed by atoms with Gasteiger partial charge in [0.15, 0.2) is 11.6 Å². The molecule has 0 saturated heterocycles. The van der Waals surface area contributed by atoms with Crippen LogP contribution in [0.15, 0.2) is 48.5 Å². The first-order chi connectivity index (χ1) is 15.5. The summed E-state index contributed by atoms with van der Waals surface area (Å²) in [6.07, 6.45) is 8.75.